The van der Waals surface area contributed by atoms with E-state index < -0.39 is 0 Å². The van der Waals surface area contributed by atoms with Crippen LogP contribution in [-0.4, -0.2) is 21.6 Å². The molecule has 18 heavy (non-hydrogen) atoms. The Bertz CT molecular complexity index is 483. The summed E-state index contributed by atoms with van der Waals surface area (Å²) in [5.74, 6) is 0.910. The highest BCUT2D eigenvalue weighted by atomic mass is 16.2. The molecule has 1 heterocycles. The van der Waals surface area contributed by atoms with E-state index in [1.165, 1.54) is 12.8 Å². The Labute approximate surface area is 107 Å². The van der Waals surface area contributed by atoms with Gasteiger partial charge in [0, 0.05) is 11.5 Å². The van der Waals surface area contributed by atoms with Gasteiger partial charge in [0.1, 0.15) is 0 Å². The molecule has 0 radical (unpaired) electrons. The summed E-state index contributed by atoms with van der Waals surface area (Å²) in [6.45, 7) is 4.13. The molecule has 2 aliphatic rings. The highest BCUT2D eigenvalue weighted by Gasteiger charge is 2.39. The first-order valence-electron chi connectivity index (χ1n) is 6.65. The number of H-pyrrole nitrogens is 1. The minimum Gasteiger partial charge on any atom is -0.395 e. The third-order valence-corrected chi connectivity index (χ3v) is 4.07. The summed E-state index contributed by atoms with van der Waals surface area (Å²) in [6.07, 6.45) is 4.66. The van der Waals surface area contributed by atoms with E-state index >= 15 is 0 Å². The number of nitrogen functional groups attached to an aromatic ring is 1. The van der Waals surface area contributed by atoms with Crippen molar-refractivity contribution in [3.63, 3.8) is 0 Å². The van der Waals surface area contributed by atoms with E-state index in [-0.39, 0.29) is 11.4 Å². The molecule has 0 saturated heterocycles. The van der Waals surface area contributed by atoms with Gasteiger partial charge < -0.3 is 11.1 Å². The number of aromatic nitrogens is 2. The number of nitrogens with two attached hydrogens (primary N) is 1. The van der Waals surface area contributed by atoms with E-state index in [0.717, 1.165) is 18.5 Å². The summed E-state index contributed by atoms with van der Waals surface area (Å²) in [5, 5.41) is 10.0. The SMILES string of the molecule is CC(C)(NC(=O)c1n[nH]c(C2CC2)c1N)C1CC1. The lowest BCUT2D eigenvalue weighted by molar-refractivity contribution is 0.0899. The van der Waals surface area contributed by atoms with Crippen molar-refractivity contribution >= 4 is 11.6 Å². The van der Waals surface area contributed by atoms with Gasteiger partial charge in [0.2, 0.25) is 0 Å². The Morgan fingerprint density at radius 3 is 2.61 bits per heavy atom. The van der Waals surface area contributed by atoms with Crippen LogP contribution in [0.3, 0.4) is 0 Å². The molecule has 2 saturated carbocycles. The number of nitrogens with zero attached hydrogens (tertiary/aromatic N) is 1. The molecule has 98 valence electrons. The summed E-state index contributed by atoms with van der Waals surface area (Å²) in [6, 6.07) is 0. The molecule has 0 aromatic carbocycles. The van der Waals surface area contributed by atoms with Crippen molar-refractivity contribution in [1.29, 1.82) is 0 Å². The van der Waals surface area contributed by atoms with Gasteiger partial charge in [-0.05, 0) is 45.4 Å². The highest BCUT2D eigenvalue weighted by molar-refractivity contribution is 5.98. The molecule has 3 rings (SSSR count). The molecule has 2 aliphatic carbocycles. The van der Waals surface area contributed by atoms with E-state index in [1.807, 2.05) is 0 Å². The molecule has 1 amide bonds. The Morgan fingerprint density at radius 2 is 2.06 bits per heavy atom. The van der Waals surface area contributed by atoms with Crippen molar-refractivity contribution in [2.24, 2.45) is 5.92 Å². The Hall–Kier alpha value is -1.52. The monoisotopic (exact) mass is 248 g/mol. The fourth-order valence-electron chi connectivity index (χ4n) is 2.48. The van der Waals surface area contributed by atoms with Crippen molar-refractivity contribution in [1.82, 2.24) is 15.5 Å². The number of carbonyl (C=O) groups is 1. The van der Waals surface area contributed by atoms with Crippen LogP contribution in [0.1, 0.15) is 61.6 Å². The zero-order chi connectivity index (χ0) is 12.9. The lowest BCUT2D eigenvalue weighted by atomic mass is 9.98. The fraction of sp³-hybridized carbons (Fsp3) is 0.692. The van der Waals surface area contributed by atoms with Crippen LogP contribution >= 0.6 is 0 Å². The van der Waals surface area contributed by atoms with Crippen molar-refractivity contribution < 1.29 is 4.79 Å². The lowest BCUT2D eigenvalue weighted by Gasteiger charge is -2.25. The summed E-state index contributed by atoms with van der Waals surface area (Å²) < 4.78 is 0. The molecule has 5 heteroatoms. The van der Waals surface area contributed by atoms with Gasteiger partial charge in [-0.1, -0.05) is 0 Å². The quantitative estimate of drug-likeness (QED) is 0.759. The Balaban J connectivity index is 1.75. The normalized spacial score (nSPS) is 19.9. The highest BCUT2D eigenvalue weighted by Crippen LogP contribution is 2.42. The van der Waals surface area contributed by atoms with E-state index in [0.29, 0.717) is 23.2 Å². The fourth-order valence-corrected chi connectivity index (χ4v) is 2.48. The number of aromatic amines is 1. The summed E-state index contributed by atoms with van der Waals surface area (Å²) in [5.41, 5.74) is 7.65. The molecular weight excluding hydrogens is 228 g/mol. The Kier molecular flexibility index (Phi) is 2.40. The predicted octanol–water partition coefficient (Wildman–Crippen LogP) is 1.79. The van der Waals surface area contributed by atoms with E-state index in [9.17, 15) is 4.79 Å². The molecule has 0 bridgehead atoms. The lowest BCUT2D eigenvalue weighted by Crippen LogP contribution is -2.45. The minimum atomic E-state index is -0.164. The Morgan fingerprint density at radius 1 is 1.39 bits per heavy atom. The first kappa shape index (κ1) is 11.6. The van der Waals surface area contributed by atoms with Gasteiger partial charge >= 0.3 is 0 Å². The van der Waals surface area contributed by atoms with Gasteiger partial charge in [0.15, 0.2) is 5.69 Å². The molecule has 5 nitrogen and oxygen atoms in total. The first-order valence-corrected chi connectivity index (χ1v) is 6.65. The number of rotatable bonds is 4. The van der Waals surface area contributed by atoms with Gasteiger partial charge in [-0.25, -0.2) is 0 Å². The number of anilines is 1. The summed E-state index contributed by atoms with van der Waals surface area (Å²) >= 11 is 0. The molecule has 1 aromatic heterocycles. The van der Waals surface area contributed by atoms with Crippen LogP contribution in [0, 0.1) is 5.92 Å². The molecular formula is C13H20N4O. The van der Waals surface area contributed by atoms with Crippen LogP contribution in [0.5, 0.6) is 0 Å². The van der Waals surface area contributed by atoms with Gasteiger partial charge in [0.25, 0.3) is 5.91 Å². The van der Waals surface area contributed by atoms with E-state index in [4.69, 9.17) is 5.73 Å². The summed E-state index contributed by atoms with van der Waals surface area (Å²) in [7, 11) is 0. The summed E-state index contributed by atoms with van der Waals surface area (Å²) in [4.78, 5) is 12.2. The molecule has 0 aliphatic heterocycles. The predicted molar refractivity (Wildman–Crippen MR) is 69.2 cm³/mol. The van der Waals surface area contributed by atoms with Gasteiger partial charge in [-0.2, -0.15) is 5.10 Å². The van der Waals surface area contributed by atoms with Crippen molar-refractivity contribution in [2.75, 3.05) is 5.73 Å². The number of nitrogens with one attached hydrogen (secondary N) is 2. The van der Waals surface area contributed by atoms with Crippen molar-refractivity contribution in [2.45, 2.75) is 51.0 Å². The maximum absolute atomic E-state index is 12.2. The zero-order valence-electron chi connectivity index (χ0n) is 10.9. The van der Waals surface area contributed by atoms with Crippen LogP contribution in [0.15, 0.2) is 0 Å². The number of amides is 1. The number of hydrogen-bond donors (Lipinski definition) is 3. The van der Waals surface area contributed by atoms with Crippen LogP contribution < -0.4 is 11.1 Å². The third-order valence-electron chi connectivity index (χ3n) is 4.07. The second-order valence-electron chi connectivity index (χ2n) is 6.12. The van der Waals surface area contributed by atoms with Crippen molar-refractivity contribution in [3.8, 4) is 0 Å². The first-order chi connectivity index (χ1) is 8.49. The third kappa shape index (κ3) is 1.98. The van der Waals surface area contributed by atoms with E-state index in [1.54, 1.807) is 0 Å². The van der Waals surface area contributed by atoms with Crippen molar-refractivity contribution in [3.05, 3.63) is 11.4 Å². The second-order valence-corrected chi connectivity index (χ2v) is 6.12. The average Bonchev–Trinajstić information content (AvgIpc) is 3.15. The van der Waals surface area contributed by atoms with Gasteiger partial charge in [-0.3, -0.25) is 9.89 Å². The van der Waals surface area contributed by atoms with Gasteiger partial charge in [0.05, 0.1) is 11.4 Å². The molecule has 1 aromatic rings. The molecule has 2 fully saturated rings. The van der Waals surface area contributed by atoms with Gasteiger partial charge in [-0.15, -0.1) is 0 Å². The van der Waals surface area contributed by atoms with Crippen LogP contribution in [0.25, 0.3) is 0 Å². The van der Waals surface area contributed by atoms with Crippen LogP contribution in [0.4, 0.5) is 5.69 Å². The number of carbonyl (C=O) groups excluding carboxylic acids is 1. The topological polar surface area (TPSA) is 83.8 Å². The molecule has 0 spiro atoms. The van der Waals surface area contributed by atoms with Crippen LogP contribution in [0.2, 0.25) is 0 Å². The second kappa shape index (κ2) is 3.73. The zero-order valence-corrected chi connectivity index (χ0v) is 10.9. The number of hydrogen-bond acceptors (Lipinski definition) is 3. The standard InChI is InChI=1S/C13H20N4O/c1-13(2,8-5-6-8)15-12(18)11-9(14)10(16-17-11)7-3-4-7/h7-8H,3-6,14H2,1-2H3,(H,15,18)(H,16,17). The smallest absolute Gasteiger partial charge is 0.274 e. The maximum Gasteiger partial charge on any atom is 0.274 e. The average molecular weight is 248 g/mol. The largest absolute Gasteiger partial charge is 0.395 e. The minimum absolute atomic E-state index is 0.160. The maximum atomic E-state index is 12.2. The molecule has 0 unspecified atom stereocenters. The van der Waals surface area contributed by atoms with E-state index in [2.05, 4.69) is 29.4 Å². The molecule has 0 atom stereocenters. The molecule has 4 N–H and O–H groups in total. The van der Waals surface area contributed by atoms with Crippen LogP contribution in [-0.2, 0) is 0 Å².